The molecule has 3 aliphatic heterocycles. The Kier molecular flexibility index (Phi) is 15.4. The fourth-order valence-corrected chi connectivity index (χ4v) is 14.7. The summed E-state index contributed by atoms with van der Waals surface area (Å²) in [5.41, 5.74) is -1.70. The maximum atomic E-state index is 12.6. The molecular formula is C48H82O18. The van der Waals surface area contributed by atoms with Crippen molar-refractivity contribution in [2.45, 2.75) is 216 Å². The second-order valence-electron chi connectivity index (χ2n) is 23.1. The molecule has 18 nitrogen and oxygen atoms in total. The summed E-state index contributed by atoms with van der Waals surface area (Å²) in [7, 11) is 0. The lowest BCUT2D eigenvalue weighted by Crippen LogP contribution is -2.66. The van der Waals surface area contributed by atoms with Crippen LogP contribution in [0.2, 0.25) is 0 Å². The van der Waals surface area contributed by atoms with Crippen LogP contribution in [-0.2, 0) is 23.7 Å². The fourth-order valence-electron chi connectivity index (χ4n) is 14.7. The van der Waals surface area contributed by atoms with E-state index in [1.165, 1.54) is 5.57 Å². The number of hydrogen-bond donors (Lipinski definition) is 13. The molecule has 0 amide bonds. The molecule has 0 aromatic carbocycles. The summed E-state index contributed by atoms with van der Waals surface area (Å²) in [6.45, 7) is 14.7. The van der Waals surface area contributed by atoms with E-state index < -0.39 is 146 Å². The van der Waals surface area contributed by atoms with Gasteiger partial charge in [0.1, 0.15) is 73.2 Å². The van der Waals surface area contributed by atoms with Crippen LogP contribution in [0.3, 0.4) is 0 Å². The first-order valence-corrected chi connectivity index (χ1v) is 24.4. The van der Waals surface area contributed by atoms with Crippen molar-refractivity contribution in [3.05, 3.63) is 11.6 Å². The Morgan fingerprint density at radius 3 is 1.74 bits per heavy atom. The van der Waals surface area contributed by atoms with Crippen molar-refractivity contribution >= 4 is 0 Å². The molecule has 0 bridgehead atoms. The first-order chi connectivity index (χ1) is 30.7. The van der Waals surface area contributed by atoms with E-state index in [1.54, 1.807) is 13.8 Å². The van der Waals surface area contributed by atoms with E-state index in [4.69, 9.17) is 23.7 Å². The van der Waals surface area contributed by atoms with Crippen LogP contribution in [0.5, 0.6) is 0 Å². The number of aliphatic hydroxyl groups excluding tert-OH is 12. The lowest BCUT2D eigenvalue weighted by Gasteiger charge is -2.67. The fraction of sp³-hybridized carbons (Fsp3) is 0.958. The Labute approximate surface area is 388 Å². The summed E-state index contributed by atoms with van der Waals surface area (Å²) in [4.78, 5) is 0. The van der Waals surface area contributed by atoms with Crippen LogP contribution >= 0.6 is 0 Å². The Morgan fingerprint density at radius 2 is 1.20 bits per heavy atom. The number of allylic oxidation sites excluding steroid dienone is 1. The smallest absolute Gasteiger partial charge is 0.187 e. The van der Waals surface area contributed by atoms with Crippen LogP contribution in [0.1, 0.15) is 107 Å². The monoisotopic (exact) mass is 947 g/mol. The van der Waals surface area contributed by atoms with Gasteiger partial charge in [0.05, 0.1) is 43.7 Å². The van der Waals surface area contributed by atoms with Crippen molar-refractivity contribution in [2.24, 2.45) is 51.2 Å². The topological polar surface area (TPSA) is 309 Å². The summed E-state index contributed by atoms with van der Waals surface area (Å²) in [5, 5.41) is 140. The number of ether oxygens (including phenoxy) is 5. The minimum atomic E-state index is -1.80. The van der Waals surface area contributed by atoms with Crippen LogP contribution in [0.25, 0.3) is 0 Å². The Morgan fingerprint density at radius 1 is 0.667 bits per heavy atom. The number of fused-ring (bicyclic) bond motifs is 5. The molecule has 13 N–H and O–H groups in total. The van der Waals surface area contributed by atoms with Gasteiger partial charge in [0, 0.05) is 16.7 Å². The molecule has 3 saturated heterocycles. The molecule has 0 radical (unpaired) electrons. The van der Waals surface area contributed by atoms with Gasteiger partial charge >= 0.3 is 0 Å². The summed E-state index contributed by atoms with van der Waals surface area (Å²) in [6.07, 6.45) is -15.5. The zero-order valence-electron chi connectivity index (χ0n) is 39.9. The molecule has 66 heavy (non-hydrogen) atoms. The van der Waals surface area contributed by atoms with Crippen LogP contribution in [0, 0.1) is 51.2 Å². The molecule has 7 rings (SSSR count). The quantitative estimate of drug-likeness (QED) is 0.101. The number of aliphatic hydroxyl groups is 13. The van der Waals surface area contributed by atoms with E-state index in [0.29, 0.717) is 25.7 Å². The summed E-state index contributed by atoms with van der Waals surface area (Å²) >= 11 is 0. The van der Waals surface area contributed by atoms with Gasteiger partial charge in [-0.1, -0.05) is 53.2 Å². The third-order valence-electron chi connectivity index (χ3n) is 19.0. The molecule has 3 saturated carbocycles. The number of hydrogen-bond acceptors (Lipinski definition) is 18. The zero-order chi connectivity index (χ0) is 48.8. The van der Waals surface area contributed by atoms with Crippen LogP contribution < -0.4 is 0 Å². The molecule has 0 spiro atoms. The van der Waals surface area contributed by atoms with Gasteiger partial charge in [-0.3, -0.25) is 0 Å². The van der Waals surface area contributed by atoms with Crippen molar-refractivity contribution in [1.29, 1.82) is 0 Å². The normalized spacial score (nSPS) is 51.6. The average molecular weight is 947 g/mol. The molecule has 382 valence electrons. The van der Waals surface area contributed by atoms with Crippen molar-refractivity contribution < 1.29 is 90.1 Å². The highest BCUT2D eigenvalue weighted by Gasteiger charge is 2.70. The van der Waals surface area contributed by atoms with Crippen LogP contribution in [0.4, 0.5) is 0 Å². The highest BCUT2D eigenvalue weighted by Crippen LogP contribution is 2.75. The van der Waals surface area contributed by atoms with E-state index in [-0.39, 0.29) is 34.5 Å². The largest absolute Gasteiger partial charge is 0.394 e. The molecule has 18 heteroatoms. The SMILES string of the molecule is C[C@H](CC[C@H]([C@@H]1O[C@H](CO)[C@@H](O)[C@H](O)[C@H]1O[C@@H]1O[C@H](CO)[C@@H](O)[C@H](O)[C@H]1O)C(C)(C)O)[C@H]1CC[C@@]2(C)[C@@H]3CC=C4[C@@H](CC[C@H](O[C@@H]5O[C@H](CO)[C@@H](O)[C@H](O)[C@H]5O)C4(C)C)[C@]3(C)[C@H](O)C[C@]12C. The molecule has 0 aromatic heterocycles. The Balaban J connectivity index is 1.09. The minimum Gasteiger partial charge on any atom is -0.394 e. The maximum absolute atomic E-state index is 12.6. The van der Waals surface area contributed by atoms with Crippen molar-refractivity contribution in [3.63, 3.8) is 0 Å². The van der Waals surface area contributed by atoms with E-state index in [2.05, 4.69) is 47.6 Å². The molecule has 0 aromatic rings. The van der Waals surface area contributed by atoms with Gasteiger partial charge in [-0.15, -0.1) is 0 Å². The van der Waals surface area contributed by atoms with Gasteiger partial charge in [-0.2, -0.15) is 0 Å². The summed E-state index contributed by atoms with van der Waals surface area (Å²) in [6, 6.07) is 0. The van der Waals surface area contributed by atoms with Crippen molar-refractivity contribution in [2.75, 3.05) is 19.8 Å². The van der Waals surface area contributed by atoms with Gasteiger partial charge in [0.15, 0.2) is 12.6 Å². The molecular weight excluding hydrogens is 865 g/mol. The van der Waals surface area contributed by atoms with E-state index in [1.807, 2.05) is 0 Å². The molecule has 7 aliphatic rings. The van der Waals surface area contributed by atoms with E-state index in [0.717, 1.165) is 25.7 Å². The van der Waals surface area contributed by atoms with Gasteiger partial charge in [-0.25, -0.2) is 0 Å². The standard InChI is InChI=1S/C48H82O18/c1-21(9-10-25(45(4,5)61)40-41(37(58)34(55)26(18-49)62-40)66-43-39(60)36(57)33(54)28(20-51)64-43)22-15-16-46(6)29-13-11-23-24(48(29,8)30(52)17-47(22,46)7)12-14-31(44(23,2)3)65-42-38(59)35(56)32(53)27(19-50)63-42/h11,21-22,24-43,49-61H,9-10,12-20H2,1-8H3/t21-,22-,24-,25-,26-,27-,28-,29+,30-,31+,32-,33-,34-,35+,36+,37+,38-,39-,40+,41-,42+,43+,46+,47-,48+/m1/s1. The Hall–Kier alpha value is -0.980. The third kappa shape index (κ3) is 8.59. The van der Waals surface area contributed by atoms with Crippen molar-refractivity contribution in [3.8, 4) is 0 Å². The predicted molar refractivity (Wildman–Crippen MR) is 234 cm³/mol. The second kappa shape index (κ2) is 19.2. The van der Waals surface area contributed by atoms with Gasteiger partial charge in [-0.05, 0) is 99.7 Å². The summed E-state index contributed by atoms with van der Waals surface area (Å²) < 4.78 is 30.1. The molecule has 0 unspecified atom stereocenters. The summed E-state index contributed by atoms with van der Waals surface area (Å²) in [5.74, 6) is -0.311. The molecule has 4 aliphatic carbocycles. The Bertz CT molecular complexity index is 1690. The first-order valence-electron chi connectivity index (χ1n) is 24.4. The van der Waals surface area contributed by atoms with Gasteiger partial charge < -0.3 is 90.1 Å². The molecule has 6 fully saturated rings. The van der Waals surface area contributed by atoms with Crippen LogP contribution in [0.15, 0.2) is 11.6 Å². The van der Waals surface area contributed by atoms with Crippen LogP contribution in [-0.4, -0.2) is 196 Å². The number of rotatable bonds is 13. The third-order valence-corrected chi connectivity index (χ3v) is 19.0. The van der Waals surface area contributed by atoms with Crippen molar-refractivity contribution in [1.82, 2.24) is 0 Å². The lowest BCUT2D eigenvalue weighted by atomic mass is 9.38. The zero-order valence-corrected chi connectivity index (χ0v) is 39.9. The molecule has 25 atom stereocenters. The molecule has 3 heterocycles. The van der Waals surface area contributed by atoms with E-state index in [9.17, 15) is 66.4 Å². The first kappa shape index (κ1) is 52.8. The highest BCUT2D eigenvalue weighted by atomic mass is 16.7. The average Bonchev–Trinajstić information content (AvgIpc) is 3.53. The van der Waals surface area contributed by atoms with E-state index >= 15 is 0 Å². The van der Waals surface area contributed by atoms with Gasteiger partial charge in [0.2, 0.25) is 0 Å². The maximum Gasteiger partial charge on any atom is 0.187 e. The second-order valence-corrected chi connectivity index (χ2v) is 23.1. The highest BCUT2D eigenvalue weighted by molar-refractivity contribution is 5.32. The lowest BCUT2D eigenvalue weighted by molar-refractivity contribution is -0.348. The minimum absolute atomic E-state index is 0.0477. The predicted octanol–water partition coefficient (Wildman–Crippen LogP) is -0.782. The van der Waals surface area contributed by atoms with Gasteiger partial charge in [0.25, 0.3) is 0 Å².